The van der Waals surface area contributed by atoms with Gasteiger partial charge in [0.1, 0.15) is 11.6 Å². The minimum atomic E-state index is -0.322. The Morgan fingerprint density at radius 1 is 1.18 bits per heavy atom. The highest BCUT2D eigenvalue weighted by Gasteiger charge is 2.34. The molecule has 1 aliphatic heterocycles. The van der Waals surface area contributed by atoms with Gasteiger partial charge < -0.3 is 14.8 Å². The summed E-state index contributed by atoms with van der Waals surface area (Å²) in [5.41, 5.74) is 4.46. The summed E-state index contributed by atoms with van der Waals surface area (Å²) in [5.74, 6) is 0.990. The first-order chi connectivity index (χ1) is 15.9. The van der Waals surface area contributed by atoms with E-state index in [1.807, 2.05) is 55.1 Å². The number of hydrogen-bond acceptors (Lipinski definition) is 5. The predicted molar refractivity (Wildman–Crippen MR) is 126 cm³/mol. The summed E-state index contributed by atoms with van der Waals surface area (Å²) >= 11 is 0. The number of H-pyrrole nitrogens is 1. The van der Waals surface area contributed by atoms with Crippen molar-refractivity contribution in [1.29, 1.82) is 0 Å². The van der Waals surface area contributed by atoms with E-state index < -0.39 is 0 Å². The molecule has 0 spiro atoms. The first kappa shape index (κ1) is 21.1. The molecular formula is C25H25FN6O. The fourth-order valence-corrected chi connectivity index (χ4v) is 4.46. The Morgan fingerprint density at radius 3 is 2.82 bits per heavy atom. The van der Waals surface area contributed by atoms with Crippen molar-refractivity contribution in [3.63, 3.8) is 0 Å². The van der Waals surface area contributed by atoms with Crippen molar-refractivity contribution in [2.75, 3.05) is 25.5 Å². The second-order valence-corrected chi connectivity index (χ2v) is 8.58. The zero-order chi connectivity index (χ0) is 23.1. The van der Waals surface area contributed by atoms with Crippen LogP contribution in [0.3, 0.4) is 0 Å². The van der Waals surface area contributed by atoms with Crippen molar-refractivity contribution in [1.82, 2.24) is 24.8 Å². The molecule has 1 N–H and O–H groups in total. The summed E-state index contributed by atoms with van der Waals surface area (Å²) in [6.07, 6.45) is 3.38. The van der Waals surface area contributed by atoms with Crippen LogP contribution in [0.5, 0.6) is 0 Å². The average molecular weight is 445 g/mol. The Balaban J connectivity index is 1.56. The number of likely N-dealkylation sites (tertiary alicyclic amines) is 1. The maximum Gasteiger partial charge on any atom is 0.254 e. The maximum atomic E-state index is 14.0. The van der Waals surface area contributed by atoms with Gasteiger partial charge in [-0.05, 0) is 55.7 Å². The third-order valence-electron chi connectivity index (χ3n) is 6.02. The largest absolute Gasteiger partial charge is 0.347 e. The number of nitrogens with one attached hydrogen (secondary N) is 1. The predicted octanol–water partition coefficient (Wildman–Crippen LogP) is 4.51. The number of hydrogen-bond donors (Lipinski definition) is 1. The lowest BCUT2D eigenvalue weighted by Gasteiger charge is -2.27. The zero-order valence-corrected chi connectivity index (χ0v) is 18.8. The minimum Gasteiger partial charge on any atom is -0.347 e. The number of amides is 1. The van der Waals surface area contributed by atoms with Gasteiger partial charge >= 0.3 is 0 Å². The van der Waals surface area contributed by atoms with Crippen LogP contribution in [0.2, 0.25) is 0 Å². The number of aromatic amines is 1. The van der Waals surface area contributed by atoms with Gasteiger partial charge in [0.2, 0.25) is 5.95 Å². The lowest BCUT2D eigenvalue weighted by molar-refractivity contribution is 0.0733. The summed E-state index contributed by atoms with van der Waals surface area (Å²) in [6.45, 7) is 2.52. The van der Waals surface area contributed by atoms with Gasteiger partial charge in [0.15, 0.2) is 0 Å². The Labute approximate surface area is 191 Å². The molecule has 5 rings (SSSR count). The van der Waals surface area contributed by atoms with Crippen LogP contribution in [-0.2, 0) is 0 Å². The Bertz CT molecular complexity index is 1350. The Morgan fingerprint density at radius 2 is 2.03 bits per heavy atom. The fourth-order valence-electron chi connectivity index (χ4n) is 4.46. The van der Waals surface area contributed by atoms with Crippen LogP contribution in [0.4, 0.5) is 10.3 Å². The van der Waals surface area contributed by atoms with E-state index in [-0.39, 0.29) is 17.8 Å². The van der Waals surface area contributed by atoms with Gasteiger partial charge in [-0.2, -0.15) is 0 Å². The molecule has 2 aromatic heterocycles. The molecule has 8 heteroatoms. The van der Waals surface area contributed by atoms with Crippen LogP contribution in [0.25, 0.3) is 22.2 Å². The second kappa shape index (κ2) is 8.27. The van der Waals surface area contributed by atoms with Crippen molar-refractivity contribution in [3.05, 3.63) is 71.6 Å². The van der Waals surface area contributed by atoms with Gasteiger partial charge in [-0.1, -0.05) is 12.1 Å². The third-order valence-corrected chi connectivity index (χ3v) is 6.02. The lowest BCUT2D eigenvalue weighted by atomic mass is 9.99. The van der Waals surface area contributed by atoms with Crippen LogP contribution in [0, 0.1) is 12.7 Å². The lowest BCUT2D eigenvalue weighted by Crippen LogP contribution is -2.31. The number of aromatic nitrogens is 4. The smallest absolute Gasteiger partial charge is 0.254 e. The van der Waals surface area contributed by atoms with Gasteiger partial charge in [0.25, 0.3) is 5.91 Å². The molecule has 33 heavy (non-hydrogen) atoms. The van der Waals surface area contributed by atoms with Crippen LogP contribution in [-0.4, -0.2) is 51.4 Å². The van der Waals surface area contributed by atoms with Gasteiger partial charge in [-0.3, -0.25) is 4.79 Å². The fraction of sp³-hybridized carbons (Fsp3) is 0.280. The van der Waals surface area contributed by atoms with Gasteiger partial charge in [0, 0.05) is 38.0 Å². The third kappa shape index (κ3) is 3.92. The quantitative estimate of drug-likeness (QED) is 0.501. The maximum absolute atomic E-state index is 14.0. The number of benzene rings is 2. The van der Waals surface area contributed by atoms with E-state index in [0.717, 1.165) is 41.0 Å². The van der Waals surface area contributed by atoms with Gasteiger partial charge in [-0.15, -0.1) is 0 Å². The zero-order valence-electron chi connectivity index (χ0n) is 18.8. The number of aryl methyl sites for hydroxylation is 1. The molecule has 0 aliphatic carbocycles. The first-order valence-electron chi connectivity index (χ1n) is 11.0. The number of fused-ring (bicyclic) bond motifs is 1. The van der Waals surface area contributed by atoms with Crippen LogP contribution in [0.1, 0.15) is 40.8 Å². The standard InChI is InChI=1S/C25H25FN6O/c1-15-28-20-10-9-17(13-21(20)29-15)24(33)32-11-5-8-22(32)23-19(14-27-25(30-23)31(2)3)16-6-4-7-18(26)12-16/h4,6-7,9-10,12-14,22H,5,8,11H2,1-3H3,(H,28,29). The molecule has 168 valence electrons. The summed E-state index contributed by atoms with van der Waals surface area (Å²) in [5, 5.41) is 0. The number of imidazole rings is 1. The van der Waals surface area contributed by atoms with E-state index in [0.29, 0.717) is 23.6 Å². The summed E-state index contributed by atoms with van der Waals surface area (Å²) in [7, 11) is 3.75. The molecule has 1 saturated heterocycles. The SMILES string of the molecule is Cc1nc2ccc(C(=O)N3CCCC3c3nc(N(C)C)ncc3-c3cccc(F)c3)cc2[nH]1. The number of halogens is 1. The highest BCUT2D eigenvalue weighted by atomic mass is 19.1. The van der Waals surface area contributed by atoms with E-state index in [4.69, 9.17) is 4.98 Å². The number of carbonyl (C=O) groups excluding carboxylic acids is 1. The van der Waals surface area contributed by atoms with E-state index >= 15 is 0 Å². The van der Waals surface area contributed by atoms with Crippen molar-refractivity contribution in [2.45, 2.75) is 25.8 Å². The number of carbonyl (C=O) groups is 1. The second-order valence-electron chi connectivity index (χ2n) is 8.58. The van der Waals surface area contributed by atoms with Gasteiger partial charge in [0.05, 0.1) is 22.8 Å². The summed E-state index contributed by atoms with van der Waals surface area (Å²) < 4.78 is 14.0. The van der Waals surface area contributed by atoms with Crippen LogP contribution >= 0.6 is 0 Å². The molecule has 1 atom stereocenters. The van der Waals surface area contributed by atoms with E-state index in [1.165, 1.54) is 12.1 Å². The molecule has 1 amide bonds. The van der Waals surface area contributed by atoms with Crippen LogP contribution in [0.15, 0.2) is 48.7 Å². The molecule has 0 radical (unpaired) electrons. The molecule has 1 unspecified atom stereocenters. The van der Waals surface area contributed by atoms with E-state index in [9.17, 15) is 9.18 Å². The number of nitrogens with zero attached hydrogens (tertiary/aromatic N) is 5. The summed E-state index contributed by atoms with van der Waals surface area (Å²) in [6, 6.07) is 11.7. The molecule has 4 aromatic rings. The topological polar surface area (TPSA) is 78.0 Å². The number of rotatable bonds is 4. The van der Waals surface area contributed by atoms with E-state index in [1.54, 1.807) is 12.3 Å². The molecule has 2 aromatic carbocycles. The molecule has 0 saturated carbocycles. The highest BCUT2D eigenvalue weighted by Crippen LogP contribution is 2.38. The molecular weight excluding hydrogens is 419 g/mol. The van der Waals surface area contributed by atoms with Crippen molar-refractivity contribution >= 4 is 22.9 Å². The molecule has 7 nitrogen and oxygen atoms in total. The van der Waals surface area contributed by atoms with Crippen molar-refractivity contribution in [3.8, 4) is 11.1 Å². The van der Waals surface area contributed by atoms with Crippen molar-refractivity contribution < 1.29 is 9.18 Å². The number of anilines is 1. The molecule has 3 heterocycles. The van der Waals surface area contributed by atoms with Gasteiger partial charge in [-0.25, -0.2) is 19.3 Å². The molecule has 0 bridgehead atoms. The highest BCUT2D eigenvalue weighted by molar-refractivity contribution is 5.97. The Hall–Kier alpha value is -3.81. The average Bonchev–Trinajstić information content (AvgIpc) is 3.43. The van der Waals surface area contributed by atoms with E-state index in [2.05, 4.69) is 15.0 Å². The minimum absolute atomic E-state index is 0.0538. The molecule has 1 fully saturated rings. The monoisotopic (exact) mass is 444 g/mol. The Kier molecular flexibility index (Phi) is 5.28. The first-order valence-corrected chi connectivity index (χ1v) is 11.0. The normalized spacial score (nSPS) is 15.9. The van der Waals surface area contributed by atoms with Crippen LogP contribution < -0.4 is 4.90 Å². The molecule has 1 aliphatic rings. The van der Waals surface area contributed by atoms with Crippen molar-refractivity contribution in [2.24, 2.45) is 0 Å². The summed E-state index contributed by atoms with van der Waals surface area (Å²) in [4.78, 5) is 34.2.